The van der Waals surface area contributed by atoms with Crippen LogP contribution in [-0.4, -0.2) is 28.6 Å². The Kier molecular flexibility index (Phi) is 5.70. The molecule has 8 heteroatoms. The van der Waals surface area contributed by atoms with E-state index in [1.165, 1.54) is 0 Å². The first kappa shape index (κ1) is 18.9. The van der Waals surface area contributed by atoms with Crippen LogP contribution in [-0.2, 0) is 4.79 Å². The van der Waals surface area contributed by atoms with Gasteiger partial charge >= 0.3 is 12.1 Å². The zero-order valence-electron chi connectivity index (χ0n) is 13.9. The van der Waals surface area contributed by atoms with Crippen molar-refractivity contribution in [1.29, 1.82) is 0 Å². The highest BCUT2D eigenvalue weighted by molar-refractivity contribution is 9.10. The third-order valence-electron chi connectivity index (χ3n) is 4.78. The molecule has 1 aromatic carbocycles. The maximum Gasteiger partial charge on any atom is 0.471 e. The van der Waals surface area contributed by atoms with E-state index >= 15 is 0 Å². The van der Waals surface area contributed by atoms with Crippen molar-refractivity contribution in [2.24, 2.45) is 5.92 Å². The molecular weight excluding hydrogens is 411 g/mol. The lowest BCUT2D eigenvalue weighted by atomic mass is 9.81. The number of benzene rings is 1. The van der Waals surface area contributed by atoms with E-state index in [0.717, 1.165) is 47.2 Å². The van der Waals surface area contributed by atoms with Gasteiger partial charge in [0.25, 0.3) is 0 Å². The van der Waals surface area contributed by atoms with Gasteiger partial charge in [0.1, 0.15) is 5.82 Å². The first-order chi connectivity index (χ1) is 12.3. The minimum absolute atomic E-state index is 0.0767. The van der Waals surface area contributed by atoms with Crippen molar-refractivity contribution in [2.45, 2.75) is 37.8 Å². The minimum Gasteiger partial charge on any atom is -0.348 e. The van der Waals surface area contributed by atoms with Crippen molar-refractivity contribution in [3.63, 3.8) is 0 Å². The molecule has 4 nitrogen and oxygen atoms in total. The number of nitrogens with zero attached hydrogens (tertiary/aromatic N) is 1. The summed E-state index contributed by atoms with van der Waals surface area (Å²) < 4.78 is 37.7. The number of carbonyl (C=O) groups is 1. The Morgan fingerprint density at radius 3 is 2.46 bits per heavy atom. The first-order valence-corrected chi connectivity index (χ1v) is 9.28. The molecule has 0 radical (unpaired) electrons. The van der Waals surface area contributed by atoms with E-state index < -0.39 is 12.1 Å². The summed E-state index contributed by atoms with van der Waals surface area (Å²) in [6.07, 6.45) is 0.316. The molecule has 0 unspecified atom stereocenters. The lowest BCUT2D eigenvalue weighted by Crippen LogP contribution is -2.39. The Balaban J connectivity index is 1.52. The van der Waals surface area contributed by atoms with Crippen molar-refractivity contribution in [3.05, 3.63) is 40.8 Å². The van der Waals surface area contributed by atoms with E-state index in [2.05, 4.69) is 25.9 Å². The first-order valence-electron chi connectivity index (χ1n) is 8.49. The fourth-order valence-corrected chi connectivity index (χ4v) is 3.56. The number of imidazole rings is 1. The van der Waals surface area contributed by atoms with Crippen LogP contribution in [0, 0.1) is 5.92 Å². The van der Waals surface area contributed by atoms with E-state index in [9.17, 15) is 18.0 Å². The third-order valence-corrected chi connectivity index (χ3v) is 5.31. The molecule has 1 aliphatic carbocycles. The third kappa shape index (κ3) is 4.66. The Morgan fingerprint density at radius 2 is 1.85 bits per heavy atom. The van der Waals surface area contributed by atoms with Gasteiger partial charge in [0.2, 0.25) is 0 Å². The number of nitrogens with one attached hydrogen (secondary N) is 2. The van der Waals surface area contributed by atoms with Crippen LogP contribution in [0.15, 0.2) is 34.9 Å². The van der Waals surface area contributed by atoms with Gasteiger partial charge in [-0.15, -0.1) is 0 Å². The van der Waals surface area contributed by atoms with Gasteiger partial charge < -0.3 is 10.3 Å². The topological polar surface area (TPSA) is 57.8 Å². The molecule has 1 amide bonds. The molecule has 1 heterocycles. The van der Waals surface area contributed by atoms with E-state index in [0.29, 0.717) is 0 Å². The predicted molar refractivity (Wildman–Crippen MR) is 95.5 cm³/mol. The van der Waals surface area contributed by atoms with Crippen molar-refractivity contribution in [2.75, 3.05) is 6.54 Å². The van der Waals surface area contributed by atoms with Crippen molar-refractivity contribution >= 4 is 21.8 Å². The van der Waals surface area contributed by atoms with E-state index in [4.69, 9.17) is 0 Å². The molecule has 2 N–H and O–H groups in total. The predicted octanol–water partition coefficient (Wildman–Crippen LogP) is 4.79. The molecule has 2 aromatic rings. The second kappa shape index (κ2) is 7.82. The quantitative estimate of drug-likeness (QED) is 0.733. The number of hydrogen-bond donors (Lipinski definition) is 2. The zero-order valence-corrected chi connectivity index (χ0v) is 15.5. The molecule has 0 saturated heterocycles. The smallest absolute Gasteiger partial charge is 0.348 e. The maximum absolute atomic E-state index is 12.2. The average Bonchev–Trinajstić information content (AvgIpc) is 3.10. The average molecular weight is 430 g/mol. The Labute approximate surface area is 157 Å². The number of aromatic nitrogens is 2. The van der Waals surface area contributed by atoms with Crippen molar-refractivity contribution in [1.82, 2.24) is 15.3 Å². The molecule has 3 rings (SSSR count). The minimum atomic E-state index is -4.81. The molecule has 0 aliphatic heterocycles. The van der Waals surface area contributed by atoms with Crippen LogP contribution in [0.2, 0.25) is 0 Å². The maximum atomic E-state index is 12.2. The lowest BCUT2D eigenvalue weighted by Gasteiger charge is -2.27. The number of rotatable bonds is 4. The summed E-state index contributed by atoms with van der Waals surface area (Å²) in [6, 6.07) is 7.91. The van der Waals surface area contributed by atoms with Gasteiger partial charge in [-0.25, -0.2) is 4.98 Å². The normalized spacial score (nSPS) is 20.8. The van der Waals surface area contributed by atoms with Gasteiger partial charge in [-0.3, -0.25) is 4.79 Å². The molecular formula is C18H19BrF3N3O. The molecule has 26 heavy (non-hydrogen) atoms. The van der Waals surface area contributed by atoms with Crippen molar-refractivity contribution < 1.29 is 18.0 Å². The molecule has 0 bridgehead atoms. The number of H-pyrrole nitrogens is 1. The summed E-state index contributed by atoms with van der Waals surface area (Å²) >= 11 is 3.41. The molecule has 1 saturated carbocycles. The number of alkyl halides is 3. The van der Waals surface area contributed by atoms with Gasteiger partial charge in [0.15, 0.2) is 0 Å². The van der Waals surface area contributed by atoms with Crippen LogP contribution >= 0.6 is 15.9 Å². The molecule has 1 aromatic heterocycles. The van der Waals surface area contributed by atoms with Gasteiger partial charge in [-0.1, -0.05) is 28.1 Å². The Bertz CT molecular complexity index is 750. The van der Waals surface area contributed by atoms with Crippen LogP contribution in [0.5, 0.6) is 0 Å². The van der Waals surface area contributed by atoms with Crippen LogP contribution in [0.4, 0.5) is 13.2 Å². The molecule has 0 atom stereocenters. The monoisotopic (exact) mass is 429 g/mol. The number of amides is 1. The lowest BCUT2D eigenvalue weighted by molar-refractivity contribution is -0.173. The molecule has 140 valence electrons. The summed E-state index contributed by atoms with van der Waals surface area (Å²) in [5.41, 5.74) is 1.91. The molecule has 1 aliphatic rings. The number of carbonyl (C=O) groups excluding carboxylic acids is 1. The van der Waals surface area contributed by atoms with Gasteiger partial charge in [-0.05, 0) is 43.7 Å². The van der Waals surface area contributed by atoms with Crippen LogP contribution in [0.25, 0.3) is 11.3 Å². The van der Waals surface area contributed by atoms with E-state index in [1.54, 1.807) is 0 Å². The van der Waals surface area contributed by atoms with Crippen LogP contribution < -0.4 is 5.32 Å². The van der Waals surface area contributed by atoms with Gasteiger partial charge in [0.05, 0.1) is 5.69 Å². The van der Waals surface area contributed by atoms with Crippen LogP contribution in [0.3, 0.4) is 0 Å². The second-order valence-electron chi connectivity index (χ2n) is 6.60. The molecule has 1 fully saturated rings. The summed E-state index contributed by atoms with van der Waals surface area (Å²) in [7, 11) is 0. The van der Waals surface area contributed by atoms with Crippen LogP contribution in [0.1, 0.15) is 37.4 Å². The highest BCUT2D eigenvalue weighted by Gasteiger charge is 2.38. The second-order valence-corrected chi connectivity index (χ2v) is 7.52. The fourth-order valence-electron chi connectivity index (χ4n) is 3.29. The summed E-state index contributed by atoms with van der Waals surface area (Å²) in [5.74, 6) is -0.585. The number of hydrogen-bond acceptors (Lipinski definition) is 2. The van der Waals surface area contributed by atoms with E-state index in [-0.39, 0.29) is 18.4 Å². The van der Waals surface area contributed by atoms with E-state index in [1.807, 2.05) is 35.8 Å². The fraction of sp³-hybridized carbons (Fsp3) is 0.444. The largest absolute Gasteiger partial charge is 0.471 e. The van der Waals surface area contributed by atoms with Gasteiger partial charge in [-0.2, -0.15) is 13.2 Å². The highest BCUT2D eigenvalue weighted by atomic mass is 79.9. The number of aromatic amines is 1. The summed E-state index contributed by atoms with van der Waals surface area (Å²) in [4.78, 5) is 18.8. The summed E-state index contributed by atoms with van der Waals surface area (Å²) in [5, 5.41) is 1.99. The highest BCUT2D eigenvalue weighted by Crippen LogP contribution is 2.35. The SMILES string of the molecule is O=C(NCC1CCC(c2nc(-c3ccc(Br)cc3)c[nH]2)CC1)C(F)(F)F. The standard InChI is InChI=1S/C18H19BrF3N3O/c19-14-7-5-12(6-8-14)15-10-23-16(25-15)13-3-1-11(2-4-13)9-24-17(26)18(20,21)22/h5-8,10-11,13H,1-4,9H2,(H,23,25)(H,24,26). The Hall–Kier alpha value is -1.83. The summed E-state index contributed by atoms with van der Waals surface area (Å²) in [6.45, 7) is 0.0767. The number of halogens is 4. The Morgan fingerprint density at radius 1 is 1.19 bits per heavy atom. The molecule has 0 spiro atoms. The zero-order chi connectivity index (χ0) is 18.7. The van der Waals surface area contributed by atoms with Gasteiger partial charge in [0, 0.05) is 28.7 Å². The van der Waals surface area contributed by atoms with Crippen molar-refractivity contribution in [3.8, 4) is 11.3 Å².